The summed E-state index contributed by atoms with van der Waals surface area (Å²) in [6.45, 7) is 0. The van der Waals surface area contributed by atoms with Gasteiger partial charge in [0.25, 0.3) is 0 Å². The Morgan fingerprint density at radius 1 is 0.562 bits per heavy atom. The van der Waals surface area contributed by atoms with Crippen LogP contribution in [0.3, 0.4) is 0 Å². The largest absolute Gasteiger partial charge is 0.214 e. The Labute approximate surface area is 108 Å². The van der Waals surface area contributed by atoms with E-state index in [-0.39, 0.29) is 18.6 Å². The summed E-state index contributed by atoms with van der Waals surface area (Å²) < 4.78 is 0. The zero-order valence-corrected chi connectivity index (χ0v) is 10.3. The van der Waals surface area contributed by atoms with E-state index in [9.17, 15) is 0 Å². The van der Waals surface area contributed by atoms with Crippen molar-refractivity contribution in [3.05, 3.63) is 78.9 Å². The van der Waals surface area contributed by atoms with Crippen molar-refractivity contribution in [1.82, 2.24) is 0 Å². The minimum absolute atomic E-state index is 0. The molecule has 3 aromatic carbocycles. The average molecular weight is 244 g/mol. The Morgan fingerprint density at radius 2 is 0.938 bits per heavy atom. The van der Waals surface area contributed by atoms with Crippen LogP contribution in [0.15, 0.2) is 78.9 Å². The summed E-state index contributed by atoms with van der Waals surface area (Å²) in [5.74, 6) is 0. The minimum Gasteiger partial charge on any atom is -0.214 e. The summed E-state index contributed by atoms with van der Waals surface area (Å²) >= 11 is 0. The smallest absolute Gasteiger partial charge is 0 e. The van der Waals surface area contributed by atoms with Crippen LogP contribution in [-0.4, -0.2) is 0 Å². The van der Waals surface area contributed by atoms with Gasteiger partial charge in [0.05, 0.1) is 0 Å². The van der Waals surface area contributed by atoms with Gasteiger partial charge in [-0.15, -0.1) is 0 Å². The van der Waals surface area contributed by atoms with E-state index in [2.05, 4.69) is 48.5 Å². The maximum Gasteiger partial charge on any atom is 0 e. The molecule has 3 rings (SSSR count). The van der Waals surface area contributed by atoms with Gasteiger partial charge in [-0.3, -0.25) is 0 Å². The second-order valence-electron chi connectivity index (χ2n) is 3.31. The van der Waals surface area contributed by atoms with Gasteiger partial charge in [-0.2, -0.15) is 18.2 Å². The molecule has 0 nitrogen and oxygen atoms in total. The number of rotatable bonds is 0. The van der Waals surface area contributed by atoms with Crippen LogP contribution in [0.5, 0.6) is 0 Å². The third-order valence-corrected chi connectivity index (χ3v) is 2.21. The fourth-order valence-corrected chi connectivity index (χ4v) is 1.45. The van der Waals surface area contributed by atoms with Crippen molar-refractivity contribution in [3.63, 3.8) is 0 Å². The molecular weight excluding hydrogens is 231 g/mol. The molecule has 0 saturated heterocycles. The Bertz CT molecular complexity index is 415. The molecule has 0 unspecified atom stereocenters. The molecule has 0 saturated carbocycles. The van der Waals surface area contributed by atoms with Crippen LogP contribution in [-0.2, 0) is 18.6 Å². The van der Waals surface area contributed by atoms with E-state index in [1.807, 2.05) is 30.3 Å². The van der Waals surface area contributed by atoms with Crippen molar-refractivity contribution in [1.29, 1.82) is 0 Å². The van der Waals surface area contributed by atoms with Crippen molar-refractivity contribution < 1.29 is 18.6 Å². The predicted octanol–water partition coefficient (Wildman–Crippen LogP) is 4.24. The molecule has 0 spiro atoms. The van der Waals surface area contributed by atoms with Crippen molar-refractivity contribution in [2.75, 3.05) is 0 Å². The number of benzene rings is 2. The van der Waals surface area contributed by atoms with Crippen molar-refractivity contribution >= 4 is 10.8 Å². The quantitative estimate of drug-likeness (QED) is 0.519. The summed E-state index contributed by atoms with van der Waals surface area (Å²) in [5.41, 5.74) is 0. The maximum absolute atomic E-state index is 2.12. The Balaban J connectivity index is 0.000000183. The van der Waals surface area contributed by atoms with Crippen LogP contribution in [0.25, 0.3) is 10.8 Å². The molecule has 0 aromatic heterocycles. The SMILES string of the molecule is [V].c1cc[cH-]c1.c1ccc2ccccc2c1. The molecule has 0 N–H and O–H groups in total. The van der Waals surface area contributed by atoms with Gasteiger partial charge in [0.1, 0.15) is 0 Å². The molecule has 0 bridgehead atoms. The number of hydrogen-bond acceptors (Lipinski definition) is 0. The van der Waals surface area contributed by atoms with Gasteiger partial charge < -0.3 is 0 Å². The van der Waals surface area contributed by atoms with Crippen LogP contribution in [0.1, 0.15) is 0 Å². The van der Waals surface area contributed by atoms with Gasteiger partial charge in [0.2, 0.25) is 0 Å². The molecule has 0 aliphatic carbocycles. The first-order valence-electron chi connectivity index (χ1n) is 5.07. The Hall–Kier alpha value is -1.37. The number of hydrogen-bond donors (Lipinski definition) is 0. The second kappa shape index (κ2) is 7.00. The van der Waals surface area contributed by atoms with Crippen molar-refractivity contribution in [2.45, 2.75) is 0 Å². The van der Waals surface area contributed by atoms with Crippen LogP contribution in [0.2, 0.25) is 0 Å². The van der Waals surface area contributed by atoms with Gasteiger partial charge in [-0.1, -0.05) is 48.5 Å². The molecule has 0 fully saturated rings. The first-order valence-corrected chi connectivity index (χ1v) is 5.07. The first kappa shape index (κ1) is 12.7. The molecule has 0 aliphatic heterocycles. The Morgan fingerprint density at radius 3 is 1.19 bits per heavy atom. The van der Waals surface area contributed by atoms with Crippen LogP contribution in [0, 0.1) is 0 Å². The maximum atomic E-state index is 2.12. The zero-order valence-electron chi connectivity index (χ0n) is 8.95. The zero-order chi connectivity index (χ0) is 10.3. The molecule has 0 atom stereocenters. The fraction of sp³-hybridized carbons (Fsp3) is 0. The summed E-state index contributed by atoms with van der Waals surface area (Å²) in [5, 5.41) is 2.62. The second-order valence-corrected chi connectivity index (χ2v) is 3.31. The monoisotopic (exact) mass is 244 g/mol. The Kier molecular flexibility index (Phi) is 5.56. The first-order chi connectivity index (χ1) is 7.47. The topological polar surface area (TPSA) is 0 Å². The van der Waals surface area contributed by atoms with Crippen molar-refractivity contribution in [2.24, 2.45) is 0 Å². The standard InChI is InChI=1S/C10H8.C5H5.V/c1-2-6-10-8-4-3-7-9(10)5-1;1-2-4-5-3-1;/h1-8H;1-5H;/q;-1;. The summed E-state index contributed by atoms with van der Waals surface area (Å²) in [6.07, 6.45) is 0. The van der Waals surface area contributed by atoms with E-state index in [1.165, 1.54) is 10.8 Å². The summed E-state index contributed by atoms with van der Waals surface area (Å²) in [7, 11) is 0. The molecule has 1 heteroatoms. The molecule has 0 heterocycles. The van der Waals surface area contributed by atoms with Crippen LogP contribution < -0.4 is 0 Å². The van der Waals surface area contributed by atoms with Crippen LogP contribution in [0.4, 0.5) is 0 Å². The molecule has 0 aliphatic rings. The van der Waals surface area contributed by atoms with Crippen molar-refractivity contribution in [3.8, 4) is 0 Å². The third kappa shape index (κ3) is 3.65. The summed E-state index contributed by atoms with van der Waals surface area (Å²) in [6, 6.07) is 26.7. The normalized spacial score (nSPS) is 8.75. The number of fused-ring (bicyclic) bond motifs is 1. The van der Waals surface area contributed by atoms with E-state index in [4.69, 9.17) is 0 Å². The molecule has 1 radical (unpaired) electrons. The van der Waals surface area contributed by atoms with Gasteiger partial charge in [0, 0.05) is 18.6 Å². The van der Waals surface area contributed by atoms with Gasteiger partial charge in [-0.05, 0) is 10.8 Å². The average Bonchev–Trinajstić information content (AvgIpc) is 2.88. The predicted molar refractivity (Wildman–Crippen MR) is 66.0 cm³/mol. The van der Waals surface area contributed by atoms with E-state index in [0.29, 0.717) is 0 Å². The van der Waals surface area contributed by atoms with E-state index >= 15 is 0 Å². The minimum atomic E-state index is 0. The van der Waals surface area contributed by atoms with Gasteiger partial charge >= 0.3 is 0 Å². The van der Waals surface area contributed by atoms with E-state index in [0.717, 1.165) is 0 Å². The van der Waals surface area contributed by atoms with E-state index in [1.54, 1.807) is 0 Å². The molecule has 16 heavy (non-hydrogen) atoms. The third-order valence-electron chi connectivity index (χ3n) is 2.21. The van der Waals surface area contributed by atoms with Gasteiger partial charge in [0.15, 0.2) is 0 Å². The van der Waals surface area contributed by atoms with Gasteiger partial charge in [-0.25, -0.2) is 12.1 Å². The fourth-order valence-electron chi connectivity index (χ4n) is 1.45. The molecule has 0 amide bonds. The molecular formula is C15H13V-. The van der Waals surface area contributed by atoms with E-state index < -0.39 is 0 Å². The molecule has 79 valence electrons. The van der Waals surface area contributed by atoms with Crippen LogP contribution >= 0.6 is 0 Å². The molecule has 3 aromatic rings. The summed E-state index contributed by atoms with van der Waals surface area (Å²) in [4.78, 5) is 0.